The van der Waals surface area contributed by atoms with E-state index in [1.54, 1.807) is 0 Å². The van der Waals surface area contributed by atoms with Crippen molar-refractivity contribution in [3.8, 4) is 0 Å². The van der Waals surface area contributed by atoms with Crippen LogP contribution >= 0.6 is 11.6 Å². The Morgan fingerprint density at radius 2 is 1.90 bits per heavy atom. The van der Waals surface area contributed by atoms with Crippen LogP contribution in [0.2, 0.25) is 5.02 Å². The lowest BCUT2D eigenvalue weighted by Crippen LogP contribution is -2.52. The third-order valence-electron chi connectivity index (χ3n) is 3.34. The van der Waals surface area contributed by atoms with Gasteiger partial charge < -0.3 is 4.90 Å². The molecular weight excluding hydrogens is 321 g/mol. The molecule has 21 heavy (non-hydrogen) atoms. The third-order valence-corrected chi connectivity index (χ3v) is 4.78. The molecule has 0 aliphatic carbocycles. The molecule has 0 atom stereocenters. The molecule has 1 heterocycles. The van der Waals surface area contributed by atoms with Gasteiger partial charge >= 0.3 is 0 Å². The predicted molar refractivity (Wildman–Crippen MR) is 76.4 cm³/mol. The molecule has 116 valence electrons. The Balaban J connectivity index is 2.00. The number of carbonyl (C=O) groups excluding carboxylic acids is 1. The first-order valence-electron chi connectivity index (χ1n) is 6.27. The highest BCUT2D eigenvalue weighted by Gasteiger charge is 2.27. The van der Waals surface area contributed by atoms with Crippen molar-refractivity contribution in [1.29, 1.82) is 0 Å². The molecule has 1 aliphatic rings. The van der Waals surface area contributed by atoms with Gasteiger partial charge in [0.1, 0.15) is 5.82 Å². The number of amides is 1. The number of halogens is 2. The second-order valence-electron chi connectivity index (χ2n) is 4.70. The first-order chi connectivity index (χ1) is 9.79. The topological polar surface area (TPSA) is 83.7 Å². The fourth-order valence-electron chi connectivity index (χ4n) is 2.16. The molecule has 2 rings (SSSR count). The average molecular weight is 336 g/mol. The minimum atomic E-state index is -3.73. The van der Waals surface area contributed by atoms with Crippen LogP contribution in [0.5, 0.6) is 0 Å². The van der Waals surface area contributed by atoms with E-state index in [0.717, 1.165) is 4.31 Å². The standard InChI is InChI=1S/C12H15ClFN3O3S/c13-10-2-1-3-11(14)9(10)8-12(18)16-4-6-17(7-5-16)21(15,19)20/h1-3H,4-8H2,(H2,15,19,20). The van der Waals surface area contributed by atoms with Crippen LogP contribution in [0.15, 0.2) is 18.2 Å². The molecule has 0 spiro atoms. The Kier molecular flexibility index (Phi) is 4.82. The van der Waals surface area contributed by atoms with E-state index in [-0.39, 0.29) is 49.1 Å². The molecule has 0 bridgehead atoms. The summed E-state index contributed by atoms with van der Waals surface area (Å²) >= 11 is 5.88. The van der Waals surface area contributed by atoms with Gasteiger partial charge in [0, 0.05) is 36.8 Å². The lowest BCUT2D eigenvalue weighted by molar-refractivity contribution is -0.131. The summed E-state index contributed by atoms with van der Waals surface area (Å²) in [6.07, 6.45) is -0.152. The average Bonchev–Trinajstić information content (AvgIpc) is 2.42. The fourth-order valence-corrected chi connectivity index (χ4v) is 3.06. The zero-order chi connectivity index (χ0) is 15.6. The Morgan fingerprint density at radius 1 is 1.29 bits per heavy atom. The first kappa shape index (κ1) is 16.2. The van der Waals surface area contributed by atoms with E-state index < -0.39 is 16.0 Å². The molecule has 1 aliphatic heterocycles. The van der Waals surface area contributed by atoms with Crippen LogP contribution in [-0.4, -0.2) is 49.7 Å². The number of nitrogens with zero attached hydrogens (tertiary/aromatic N) is 2. The van der Waals surface area contributed by atoms with Crippen LogP contribution in [0.1, 0.15) is 5.56 Å². The van der Waals surface area contributed by atoms with Crippen molar-refractivity contribution in [1.82, 2.24) is 9.21 Å². The highest BCUT2D eigenvalue weighted by Crippen LogP contribution is 2.20. The number of benzene rings is 1. The summed E-state index contributed by atoms with van der Waals surface area (Å²) in [4.78, 5) is 13.6. The summed E-state index contributed by atoms with van der Waals surface area (Å²) in [7, 11) is -3.73. The first-order valence-corrected chi connectivity index (χ1v) is 8.15. The van der Waals surface area contributed by atoms with E-state index >= 15 is 0 Å². The van der Waals surface area contributed by atoms with Crippen molar-refractivity contribution in [3.05, 3.63) is 34.6 Å². The van der Waals surface area contributed by atoms with Gasteiger partial charge in [0.25, 0.3) is 10.2 Å². The molecule has 0 unspecified atom stereocenters. The van der Waals surface area contributed by atoms with Crippen LogP contribution in [0.3, 0.4) is 0 Å². The van der Waals surface area contributed by atoms with E-state index in [9.17, 15) is 17.6 Å². The summed E-state index contributed by atoms with van der Waals surface area (Å²) in [5, 5.41) is 5.22. The monoisotopic (exact) mass is 335 g/mol. The number of piperazine rings is 1. The highest BCUT2D eigenvalue weighted by atomic mass is 35.5. The molecule has 0 saturated carbocycles. The molecule has 9 heteroatoms. The number of hydrogen-bond donors (Lipinski definition) is 1. The maximum absolute atomic E-state index is 13.6. The molecule has 0 radical (unpaired) electrons. The zero-order valence-corrected chi connectivity index (χ0v) is 12.7. The Bertz CT molecular complexity index is 625. The van der Waals surface area contributed by atoms with Gasteiger partial charge in [-0.15, -0.1) is 0 Å². The van der Waals surface area contributed by atoms with Gasteiger partial charge in [0.2, 0.25) is 5.91 Å². The van der Waals surface area contributed by atoms with Gasteiger partial charge in [-0.1, -0.05) is 17.7 Å². The quantitative estimate of drug-likeness (QED) is 0.866. The smallest absolute Gasteiger partial charge is 0.277 e. The van der Waals surface area contributed by atoms with Crippen molar-refractivity contribution in [2.75, 3.05) is 26.2 Å². The molecule has 1 amide bonds. The minimum absolute atomic E-state index is 0.135. The number of nitrogens with two attached hydrogens (primary N) is 1. The molecule has 1 fully saturated rings. The van der Waals surface area contributed by atoms with Crippen LogP contribution in [0.4, 0.5) is 4.39 Å². The summed E-state index contributed by atoms with van der Waals surface area (Å²) in [5.41, 5.74) is 0.151. The fraction of sp³-hybridized carbons (Fsp3) is 0.417. The maximum atomic E-state index is 13.6. The molecule has 0 aromatic heterocycles. The zero-order valence-electron chi connectivity index (χ0n) is 11.1. The van der Waals surface area contributed by atoms with Crippen LogP contribution in [-0.2, 0) is 21.4 Å². The van der Waals surface area contributed by atoms with Crippen molar-refractivity contribution >= 4 is 27.7 Å². The molecule has 1 saturated heterocycles. The lowest BCUT2D eigenvalue weighted by atomic mass is 10.1. The predicted octanol–water partition coefficient (Wildman–Crippen LogP) is 0.369. The van der Waals surface area contributed by atoms with Gasteiger partial charge in [-0.2, -0.15) is 12.7 Å². The Labute approximate surface area is 127 Å². The molecule has 1 aromatic rings. The second-order valence-corrected chi connectivity index (χ2v) is 6.66. The Morgan fingerprint density at radius 3 is 2.43 bits per heavy atom. The van der Waals surface area contributed by atoms with E-state index in [1.165, 1.54) is 23.1 Å². The summed E-state index contributed by atoms with van der Waals surface area (Å²) in [6, 6.07) is 4.23. The van der Waals surface area contributed by atoms with Gasteiger partial charge in [-0.05, 0) is 12.1 Å². The van der Waals surface area contributed by atoms with Crippen LogP contribution in [0.25, 0.3) is 0 Å². The van der Waals surface area contributed by atoms with Crippen molar-refractivity contribution in [2.24, 2.45) is 5.14 Å². The molecule has 2 N–H and O–H groups in total. The maximum Gasteiger partial charge on any atom is 0.277 e. The number of carbonyl (C=O) groups is 1. The van der Waals surface area contributed by atoms with Crippen LogP contribution in [0, 0.1) is 5.82 Å². The molecule has 1 aromatic carbocycles. The van der Waals surface area contributed by atoms with E-state index in [2.05, 4.69) is 0 Å². The van der Waals surface area contributed by atoms with Crippen molar-refractivity contribution < 1.29 is 17.6 Å². The lowest BCUT2D eigenvalue weighted by Gasteiger charge is -2.33. The largest absolute Gasteiger partial charge is 0.340 e. The number of rotatable bonds is 3. The molecular formula is C12H15ClFN3O3S. The van der Waals surface area contributed by atoms with Crippen LogP contribution < -0.4 is 5.14 Å². The van der Waals surface area contributed by atoms with Crippen molar-refractivity contribution in [3.63, 3.8) is 0 Å². The van der Waals surface area contributed by atoms with E-state index in [0.29, 0.717) is 0 Å². The van der Waals surface area contributed by atoms with Gasteiger partial charge in [-0.25, -0.2) is 9.53 Å². The molecule has 6 nitrogen and oxygen atoms in total. The summed E-state index contributed by atoms with van der Waals surface area (Å²) in [5.74, 6) is -0.824. The number of hydrogen-bond acceptors (Lipinski definition) is 3. The summed E-state index contributed by atoms with van der Waals surface area (Å²) in [6.45, 7) is 0.716. The van der Waals surface area contributed by atoms with E-state index in [1.807, 2.05) is 0 Å². The normalized spacial score (nSPS) is 17.0. The van der Waals surface area contributed by atoms with Gasteiger partial charge in [0.15, 0.2) is 0 Å². The van der Waals surface area contributed by atoms with Crippen molar-refractivity contribution in [2.45, 2.75) is 6.42 Å². The van der Waals surface area contributed by atoms with E-state index in [4.69, 9.17) is 16.7 Å². The summed E-state index contributed by atoms with van der Waals surface area (Å²) < 4.78 is 37.1. The van der Waals surface area contributed by atoms with Gasteiger partial charge in [-0.3, -0.25) is 4.79 Å². The third kappa shape index (κ3) is 3.91. The highest BCUT2D eigenvalue weighted by molar-refractivity contribution is 7.86. The minimum Gasteiger partial charge on any atom is -0.340 e. The Hall–Kier alpha value is -1.22. The SMILES string of the molecule is NS(=O)(=O)N1CCN(C(=O)Cc2c(F)cccc2Cl)CC1. The van der Waals surface area contributed by atoms with Gasteiger partial charge in [0.05, 0.1) is 6.42 Å². The second kappa shape index (κ2) is 6.27.